The lowest BCUT2D eigenvalue weighted by Gasteiger charge is -2.27. The van der Waals surface area contributed by atoms with Crippen LogP contribution < -0.4 is 30.7 Å². The van der Waals surface area contributed by atoms with Gasteiger partial charge in [0.2, 0.25) is 0 Å². The molecule has 2 aromatic carbocycles. The second-order valence-electron chi connectivity index (χ2n) is 15.9. The quantitative estimate of drug-likeness (QED) is 0.0701. The van der Waals surface area contributed by atoms with Crippen molar-refractivity contribution < 1.29 is 62.2 Å². The lowest BCUT2D eigenvalue weighted by Crippen LogP contribution is -2.48. The summed E-state index contributed by atoms with van der Waals surface area (Å²) in [5.41, 5.74) is 1.85. The van der Waals surface area contributed by atoms with Crippen molar-refractivity contribution in [3.05, 3.63) is 59.7 Å². The summed E-state index contributed by atoms with van der Waals surface area (Å²) in [4.78, 5) is 53.4. The average molecular weight is 887 g/mol. The number of morpholine rings is 2. The highest BCUT2D eigenvalue weighted by Crippen LogP contribution is 2.22. The Morgan fingerprint density at radius 3 is 1.75 bits per heavy atom. The van der Waals surface area contributed by atoms with Crippen molar-refractivity contribution in [1.82, 2.24) is 31.1 Å². The molecule has 0 spiro atoms. The van der Waals surface area contributed by atoms with Gasteiger partial charge in [0.15, 0.2) is 5.79 Å². The number of ether oxygens (including phenoxy) is 8. The van der Waals surface area contributed by atoms with E-state index in [1.807, 2.05) is 50.2 Å². The van der Waals surface area contributed by atoms with Crippen LogP contribution in [0.1, 0.15) is 37.8 Å². The van der Waals surface area contributed by atoms with Gasteiger partial charge in [-0.25, -0.2) is 9.59 Å². The summed E-state index contributed by atoms with van der Waals surface area (Å²) < 4.78 is 44.8. The molecule has 3 saturated heterocycles. The van der Waals surface area contributed by atoms with Crippen LogP contribution in [0.3, 0.4) is 0 Å². The number of aliphatic hydroxyl groups is 1. The molecular weight excluding hydrogens is 821 g/mol. The van der Waals surface area contributed by atoms with Gasteiger partial charge in [0.1, 0.15) is 49.6 Å². The Balaban J connectivity index is 0.994. The maximum atomic E-state index is 13.1. The number of amides is 4. The number of aliphatic hydroxyl groups excluding tert-OH is 1. The van der Waals surface area contributed by atoms with Crippen LogP contribution in [0.25, 0.3) is 0 Å². The third-order valence-corrected chi connectivity index (χ3v) is 10.3. The van der Waals surface area contributed by atoms with Gasteiger partial charge in [-0.3, -0.25) is 9.59 Å². The molecule has 5 N–H and O–H groups in total. The Bertz CT molecular complexity index is 1670. The van der Waals surface area contributed by atoms with Gasteiger partial charge >= 0.3 is 24.0 Å². The van der Waals surface area contributed by atoms with Gasteiger partial charge in [-0.2, -0.15) is 0 Å². The molecule has 0 radical (unpaired) electrons. The van der Waals surface area contributed by atoms with Crippen molar-refractivity contribution in [3.63, 3.8) is 0 Å². The third-order valence-electron chi connectivity index (χ3n) is 10.3. The number of carbonyl (C=O) groups is 4. The molecule has 0 aromatic heterocycles. The Morgan fingerprint density at radius 1 is 0.714 bits per heavy atom. The summed E-state index contributed by atoms with van der Waals surface area (Å²) in [7, 11) is 0. The van der Waals surface area contributed by atoms with Crippen molar-refractivity contribution in [2.24, 2.45) is 0 Å². The van der Waals surface area contributed by atoms with E-state index in [0.717, 1.165) is 11.1 Å². The van der Waals surface area contributed by atoms with Crippen molar-refractivity contribution in [3.8, 4) is 11.5 Å². The SMILES string of the molecule is CC1(C)OC[C@@H](COC(=O)CCc2ccc(OC[C@@H](CNCCNC(=O)N3CCOCC3)OC(=O)CCc3ccc(OC[C@@H](O)CNCCNC(=O)N4CCOCC4)cc3)cc2)O1. The summed E-state index contributed by atoms with van der Waals surface area (Å²) in [6, 6.07) is 14.4. The minimum atomic E-state index is -0.747. The molecule has 3 fully saturated rings. The Hall–Kier alpha value is -4.76. The first-order chi connectivity index (χ1) is 30.5. The van der Waals surface area contributed by atoms with Crippen molar-refractivity contribution >= 4 is 24.0 Å². The Kier molecular flexibility index (Phi) is 20.9. The number of hydrogen-bond acceptors (Lipinski definition) is 15. The van der Waals surface area contributed by atoms with Gasteiger partial charge in [-0.1, -0.05) is 24.3 Å². The number of esters is 2. The number of hydrogen-bond donors (Lipinski definition) is 5. The molecular formula is C44H66N6O13. The number of urea groups is 2. The van der Waals surface area contributed by atoms with E-state index in [0.29, 0.717) is 123 Å². The molecule has 3 heterocycles. The van der Waals surface area contributed by atoms with Gasteiger partial charge in [-0.15, -0.1) is 0 Å². The fourth-order valence-corrected chi connectivity index (χ4v) is 6.72. The molecule has 3 aliphatic heterocycles. The maximum absolute atomic E-state index is 13.1. The van der Waals surface area contributed by atoms with E-state index in [9.17, 15) is 24.3 Å². The number of nitrogens with one attached hydrogen (secondary N) is 4. The first kappa shape index (κ1) is 49.3. The fraction of sp³-hybridized carbons (Fsp3) is 0.636. The first-order valence-electron chi connectivity index (χ1n) is 21.9. The largest absolute Gasteiger partial charge is 0.491 e. The minimum Gasteiger partial charge on any atom is -0.491 e. The fourth-order valence-electron chi connectivity index (χ4n) is 6.72. The van der Waals surface area contributed by atoms with E-state index in [2.05, 4.69) is 21.3 Å². The number of nitrogens with zero attached hydrogens (tertiary/aromatic N) is 2. The van der Waals surface area contributed by atoms with Crippen molar-refractivity contribution in [2.75, 3.05) is 118 Å². The lowest BCUT2D eigenvalue weighted by atomic mass is 10.1. The third kappa shape index (κ3) is 19.3. The molecule has 3 atom stereocenters. The van der Waals surface area contributed by atoms with E-state index < -0.39 is 18.0 Å². The van der Waals surface area contributed by atoms with Crippen LogP contribution in [-0.4, -0.2) is 181 Å². The molecule has 0 unspecified atom stereocenters. The lowest BCUT2D eigenvalue weighted by molar-refractivity contribution is -0.158. The molecule has 3 aliphatic rings. The van der Waals surface area contributed by atoms with E-state index >= 15 is 0 Å². The average Bonchev–Trinajstić information content (AvgIpc) is 3.66. The monoisotopic (exact) mass is 886 g/mol. The Labute approximate surface area is 369 Å². The van der Waals surface area contributed by atoms with Crippen LogP contribution in [0.15, 0.2) is 48.5 Å². The molecule has 19 nitrogen and oxygen atoms in total. The van der Waals surface area contributed by atoms with E-state index in [4.69, 9.17) is 37.9 Å². The molecule has 0 aliphatic carbocycles. The number of carbonyl (C=O) groups excluding carboxylic acids is 4. The minimum absolute atomic E-state index is 0.0869. The van der Waals surface area contributed by atoms with Crippen LogP contribution in [0, 0.1) is 0 Å². The summed E-state index contributed by atoms with van der Waals surface area (Å²) >= 11 is 0. The smallest absolute Gasteiger partial charge is 0.317 e. The second kappa shape index (κ2) is 26.8. The molecule has 2 aromatic rings. The maximum Gasteiger partial charge on any atom is 0.317 e. The van der Waals surface area contributed by atoms with E-state index in [-0.39, 0.29) is 62.8 Å². The van der Waals surface area contributed by atoms with Gasteiger partial charge in [-0.05, 0) is 62.1 Å². The molecule has 4 amide bonds. The molecule has 63 heavy (non-hydrogen) atoms. The summed E-state index contributed by atoms with van der Waals surface area (Å²) in [6.45, 7) is 11.1. The molecule has 0 saturated carbocycles. The van der Waals surface area contributed by atoms with E-state index in [1.165, 1.54) is 0 Å². The normalized spacial score (nSPS) is 18.2. The van der Waals surface area contributed by atoms with Gasteiger partial charge in [0.25, 0.3) is 0 Å². The zero-order valence-corrected chi connectivity index (χ0v) is 36.6. The molecule has 5 rings (SSSR count). The van der Waals surface area contributed by atoms with Crippen LogP contribution in [0.5, 0.6) is 11.5 Å². The van der Waals surface area contributed by atoms with Crippen molar-refractivity contribution in [1.29, 1.82) is 0 Å². The van der Waals surface area contributed by atoms with Gasteiger partial charge in [0.05, 0.1) is 33.0 Å². The zero-order chi connectivity index (χ0) is 44.7. The first-order valence-corrected chi connectivity index (χ1v) is 21.9. The second-order valence-corrected chi connectivity index (χ2v) is 15.9. The highest BCUT2D eigenvalue weighted by molar-refractivity contribution is 5.74. The number of benzene rings is 2. The summed E-state index contributed by atoms with van der Waals surface area (Å²) in [5, 5.41) is 22.5. The Morgan fingerprint density at radius 2 is 1.22 bits per heavy atom. The number of rotatable bonds is 25. The van der Waals surface area contributed by atoms with Gasteiger partial charge in [0, 0.05) is 78.3 Å². The summed E-state index contributed by atoms with van der Waals surface area (Å²) in [6.07, 6.45) is -0.345. The highest BCUT2D eigenvalue weighted by atomic mass is 16.7. The zero-order valence-electron chi connectivity index (χ0n) is 36.6. The van der Waals surface area contributed by atoms with Gasteiger partial charge < -0.3 is 74.1 Å². The van der Waals surface area contributed by atoms with Crippen LogP contribution in [0.2, 0.25) is 0 Å². The van der Waals surface area contributed by atoms with Crippen molar-refractivity contribution in [2.45, 2.75) is 63.6 Å². The molecule has 0 bridgehead atoms. The standard InChI is InChI=1S/C44H66N6O13/c1-44(2)61-32-39(63-44)31-60-40(52)13-7-33-5-11-37(12-6-33)59-30-38(28-46-16-18-48-43(55)50-21-25-57-26-22-50)62-41(53)14-8-34-3-9-36(10-4-34)58-29-35(51)27-45-15-17-47-42(54)49-19-23-56-24-20-49/h3-6,9-12,35,38-39,45-46,51H,7-8,13-32H2,1-2H3,(H,47,54)(H,48,55)/t35-,38+,39+/m0/s1. The van der Waals surface area contributed by atoms with Crippen LogP contribution in [-0.2, 0) is 50.9 Å². The topological polar surface area (TPSA) is 217 Å². The molecule has 350 valence electrons. The number of aryl methyl sites for hydroxylation is 2. The highest BCUT2D eigenvalue weighted by Gasteiger charge is 2.33. The van der Waals surface area contributed by atoms with Crippen LogP contribution in [0.4, 0.5) is 9.59 Å². The molecule has 19 heteroatoms. The van der Waals surface area contributed by atoms with Crippen LogP contribution >= 0.6 is 0 Å². The predicted molar refractivity (Wildman–Crippen MR) is 230 cm³/mol. The summed E-state index contributed by atoms with van der Waals surface area (Å²) in [5.74, 6) is -0.208. The van der Waals surface area contributed by atoms with E-state index in [1.54, 1.807) is 21.9 Å². The predicted octanol–water partition coefficient (Wildman–Crippen LogP) is 1.24.